The van der Waals surface area contributed by atoms with E-state index >= 15 is 0 Å². The molecule has 0 bridgehead atoms. The van der Waals surface area contributed by atoms with Crippen LogP contribution in [-0.2, 0) is 11.2 Å². The van der Waals surface area contributed by atoms with Crippen molar-refractivity contribution in [3.8, 4) is 5.69 Å². The Labute approximate surface area is 182 Å². The van der Waals surface area contributed by atoms with Gasteiger partial charge in [0, 0.05) is 44.6 Å². The second-order valence-corrected chi connectivity index (χ2v) is 7.82. The first-order valence-electron chi connectivity index (χ1n) is 10.8. The Morgan fingerprint density at radius 2 is 1.77 bits per heavy atom. The quantitative estimate of drug-likeness (QED) is 0.638. The molecule has 0 radical (unpaired) electrons. The van der Waals surface area contributed by atoms with Gasteiger partial charge in [-0.15, -0.1) is 0 Å². The Morgan fingerprint density at radius 3 is 2.58 bits per heavy atom. The number of hydrogen-bond donors (Lipinski definition) is 1. The lowest BCUT2D eigenvalue weighted by atomic mass is 10.2. The van der Waals surface area contributed by atoms with Crippen molar-refractivity contribution in [1.29, 1.82) is 0 Å². The fourth-order valence-corrected chi connectivity index (χ4v) is 3.86. The maximum atomic E-state index is 13.2. The molecule has 6 nitrogen and oxygen atoms in total. The van der Waals surface area contributed by atoms with Gasteiger partial charge in [-0.05, 0) is 54.8 Å². The lowest BCUT2D eigenvalue weighted by Crippen LogP contribution is -2.39. The van der Waals surface area contributed by atoms with Crippen molar-refractivity contribution >= 4 is 11.6 Å². The number of nitrogens with one attached hydrogen (secondary N) is 1. The molecule has 3 aromatic rings. The van der Waals surface area contributed by atoms with Crippen LogP contribution in [0.1, 0.15) is 12.0 Å². The molecule has 31 heavy (non-hydrogen) atoms. The van der Waals surface area contributed by atoms with Crippen molar-refractivity contribution in [3.05, 3.63) is 78.4 Å². The van der Waals surface area contributed by atoms with Crippen LogP contribution in [0.3, 0.4) is 0 Å². The summed E-state index contributed by atoms with van der Waals surface area (Å²) in [6.07, 6.45) is 5.57. The topological polar surface area (TPSA) is 53.4 Å². The summed E-state index contributed by atoms with van der Waals surface area (Å²) in [6.45, 7) is 4.44. The molecule has 1 saturated heterocycles. The molecule has 2 heterocycles. The second-order valence-electron chi connectivity index (χ2n) is 7.82. The van der Waals surface area contributed by atoms with Crippen LogP contribution in [0.25, 0.3) is 5.69 Å². The molecule has 1 fully saturated rings. The first-order chi connectivity index (χ1) is 15.2. The Kier molecular flexibility index (Phi) is 6.94. The van der Waals surface area contributed by atoms with Gasteiger partial charge in [0.15, 0.2) is 0 Å². The van der Waals surface area contributed by atoms with Crippen LogP contribution in [0.2, 0.25) is 0 Å². The SMILES string of the molecule is O=C(CN1CCCN(c2ccc(F)cc2)CC1)NCCc1cnn(-c2ccccc2)c1. The van der Waals surface area contributed by atoms with Gasteiger partial charge in [-0.2, -0.15) is 5.10 Å². The highest BCUT2D eigenvalue weighted by Gasteiger charge is 2.17. The van der Waals surface area contributed by atoms with Crippen molar-refractivity contribution in [2.45, 2.75) is 12.8 Å². The van der Waals surface area contributed by atoms with Crippen molar-refractivity contribution in [2.24, 2.45) is 0 Å². The van der Waals surface area contributed by atoms with E-state index in [4.69, 9.17) is 0 Å². The Hall–Kier alpha value is -3.19. The summed E-state index contributed by atoms with van der Waals surface area (Å²) in [7, 11) is 0. The maximum absolute atomic E-state index is 13.2. The minimum Gasteiger partial charge on any atom is -0.370 e. The zero-order valence-corrected chi connectivity index (χ0v) is 17.6. The molecule has 1 aliphatic rings. The van der Waals surface area contributed by atoms with Gasteiger partial charge in [-0.1, -0.05) is 18.2 Å². The van der Waals surface area contributed by atoms with Crippen molar-refractivity contribution in [3.63, 3.8) is 0 Å². The zero-order chi connectivity index (χ0) is 21.5. The number of benzene rings is 2. The fourth-order valence-electron chi connectivity index (χ4n) is 3.86. The van der Waals surface area contributed by atoms with Crippen molar-refractivity contribution in [1.82, 2.24) is 20.0 Å². The molecular formula is C24H28FN5O. The Bertz CT molecular complexity index is 973. The van der Waals surface area contributed by atoms with Crippen LogP contribution < -0.4 is 10.2 Å². The third kappa shape index (κ3) is 5.92. The first-order valence-corrected chi connectivity index (χ1v) is 10.8. The van der Waals surface area contributed by atoms with Crippen LogP contribution in [0.15, 0.2) is 67.0 Å². The molecule has 0 spiro atoms. The molecule has 0 aliphatic carbocycles. The molecule has 0 unspecified atom stereocenters. The number of nitrogens with zero attached hydrogens (tertiary/aromatic N) is 4. The highest BCUT2D eigenvalue weighted by molar-refractivity contribution is 5.78. The normalized spacial score (nSPS) is 14.9. The Morgan fingerprint density at radius 1 is 0.968 bits per heavy atom. The number of halogens is 1. The second kappa shape index (κ2) is 10.2. The van der Waals surface area contributed by atoms with Gasteiger partial charge in [0.2, 0.25) is 5.91 Å². The van der Waals surface area contributed by atoms with Crippen molar-refractivity contribution in [2.75, 3.05) is 44.2 Å². The van der Waals surface area contributed by atoms with E-state index in [2.05, 4.69) is 20.2 Å². The summed E-state index contributed by atoms with van der Waals surface area (Å²) in [5.74, 6) is -0.171. The van der Waals surface area contributed by atoms with Crippen LogP contribution in [0.5, 0.6) is 0 Å². The van der Waals surface area contributed by atoms with E-state index in [1.54, 1.807) is 0 Å². The lowest BCUT2D eigenvalue weighted by molar-refractivity contribution is -0.122. The monoisotopic (exact) mass is 421 g/mol. The predicted molar refractivity (Wildman–Crippen MR) is 120 cm³/mol. The zero-order valence-electron chi connectivity index (χ0n) is 17.6. The fraction of sp³-hybridized carbons (Fsp3) is 0.333. The molecule has 7 heteroatoms. The Balaban J connectivity index is 1.20. The number of carbonyl (C=O) groups is 1. The number of aromatic nitrogens is 2. The van der Waals surface area contributed by atoms with E-state index in [-0.39, 0.29) is 11.7 Å². The molecular weight excluding hydrogens is 393 g/mol. The summed E-state index contributed by atoms with van der Waals surface area (Å²) < 4.78 is 15.0. The molecule has 162 valence electrons. The smallest absolute Gasteiger partial charge is 0.234 e. The maximum Gasteiger partial charge on any atom is 0.234 e. The van der Waals surface area contributed by atoms with Gasteiger partial charge in [-0.3, -0.25) is 9.69 Å². The molecule has 1 N–H and O–H groups in total. The van der Waals surface area contributed by atoms with E-state index in [0.717, 1.165) is 56.0 Å². The van der Waals surface area contributed by atoms with E-state index in [1.165, 1.54) is 12.1 Å². The summed E-state index contributed by atoms with van der Waals surface area (Å²) in [5, 5.41) is 7.42. The highest BCUT2D eigenvalue weighted by Crippen LogP contribution is 2.17. The first kappa shape index (κ1) is 21.1. The van der Waals surface area contributed by atoms with Gasteiger partial charge >= 0.3 is 0 Å². The number of carbonyl (C=O) groups excluding carboxylic acids is 1. The third-order valence-corrected chi connectivity index (χ3v) is 5.54. The van der Waals surface area contributed by atoms with E-state index in [9.17, 15) is 9.18 Å². The molecule has 1 amide bonds. The number of para-hydroxylation sites is 1. The van der Waals surface area contributed by atoms with E-state index < -0.39 is 0 Å². The highest BCUT2D eigenvalue weighted by atomic mass is 19.1. The molecule has 2 aromatic carbocycles. The van der Waals surface area contributed by atoms with Crippen LogP contribution in [0.4, 0.5) is 10.1 Å². The molecule has 4 rings (SSSR count). The number of hydrogen-bond acceptors (Lipinski definition) is 4. The number of anilines is 1. The summed E-state index contributed by atoms with van der Waals surface area (Å²) in [4.78, 5) is 16.8. The molecule has 1 aliphatic heterocycles. The van der Waals surface area contributed by atoms with Crippen LogP contribution in [-0.4, -0.2) is 59.9 Å². The van der Waals surface area contributed by atoms with Crippen LogP contribution in [0, 0.1) is 5.82 Å². The van der Waals surface area contributed by atoms with Gasteiger partial charge < -0.3 is 10.2 Å². The summed E-state index contributed by atoms with van der Waals surface area (Å²) >= 11 is 0. The van der Waals surface area contributed by atoms with Crippen molar-refractivity contribution < 1.29 is 9.18 Å². The molecule has 1 aromatic heterocycles. The third-order valence-electron chi connectivity index (χ3n) is 5.54. The average Bonchev–Trinajstić information content (AvgIpc) is 3.14. The van der Waals surface area contributed by atoms with Gasteiger partial charge in [0.1, 0.15) is 5.82 Å². The minimum absolute atomic E-state index is 0.0469. The molecule has 0 saturated carbocycles. The summed E-state index contributed by atoms with van der Waals surface area (Å²) in [5.41, 5.74) is 3.14. The molecule has 0 atom stereocenters. The van der Waals surface area contributed by atoms with Gasteiger partial charge in [-0.25, -0.2) is 9.07 Å². The van der Waals surface area contributed by atoms with Gasteiger partial charge in [0.25, 0.3) is 0 Å². The standard InChI is InChI=1S/C24H28FN5O/c25-21-7-9-22(10-8-21)29-14-4-13-28(15-16-29)19-24(31)26-12-11-20-17-27-30(18-20)23-5-2-1-3-6-23/h1-3,5-10,17-18H,4,11-16,19H2,(H,26,31). The summed E-state index contributed by atoms with van der Waals surface area (Å²) in [6, 6.07) is 16.6. The predicted octanol–water partition coefficient (Wildman–Crippen LogP) is 2.88. The van der Waals surface area contributed by atoms with E-state index in [0.29, 0.717) is 13.1 Å². The largest absolute Gasteiger partial charge is 0.370 e. The average molecular weight is 422 g/mol. The van der Waals surface area contributed by atoms with Crippen LogP contribution >= 0.6 is 0 Å². The number of amides is 1. The number of rotatable bonds is 7. The van der Waals surface area contributed by atoms with Gasteiger partial charge in [0.05, 0.1) is 18.4 Å². The minimum atomic E-state index is -0.218. The lowest BCUT2D eigenvalue weighted by Gasteiger charge is -2.23. The van der Waals surface area contributed by atoms with E-state index in [1.807, 2.05) is 59.5 Å².